The third kappa shape index (κ3) is 4.50. The predicted molar refractivity (Wildman–Crippen MR) is 183 cm³/mol. The van der Waals surface area contributed by atoms with Crippen molar-refractivity contribution in [1.29, 1.82) is 0 Å². The zero-order chi connectivity index (χ0) is 29.5. The molecule has 1 aliphatic heterocycles. The number of rotatable bonds is 5. The molecule has 212 valence electrons. The molecule has 0 saturated heterocycles. The lowest BCUT2D eigenvalue weighted by atomic mass is 9.91. The Bertz CT molecular complexity index is 2120. The first-order chi connectivity index (χ1) is 21.7. The van der Waals surface area contributed by atoms with E-state index in [9.17, 15) is 0 Å². The third-order valence-electron chi connectivity index (χ3n) is 8.61. The molecule has 5 nitrogen and oxygen atoms in total. The van der Waals surface area contributed by atoms with Crippen LogP contribution in [0.25, 0.3) is 27.5 Å². The zero-order valence-corrected chi connectivity index (χ0v) is 24.1. The number of allylic oxidation sites excluding steroid dienone is 2. The van der Waals surface area contributed by atoms with Crippen LogP contribution < -0.4 is 11.1 Å². The van der Waals surface area contributed by atoms with E-state index in [1.165, 1.54) is 33.1 Å². The number of hydrogen-bond acceptors (Lipinski definition) is 2. The molecule has 5 aromatic carbocycles. The van der Waals surface area contributed by atoms with Crippen LogP contribution in [-0.2, 0) is 6.54 Å². The Balaban J connectivity index is 1.17. The molecule has 2 unspecified atom stereocenters. The molecule has 0 amide bonds. The molecule has 0 fully saturated rings. The molecule has 8 rings (SSSR count). The number of benzene rings is 5. The quantitative estimate of drug-likeness (QED) is 0.163. The van der Waals surface area contributed by atoms with Crippen molar-refractivity contribution in [3.63, 3.8) is 0 Å². The smallest absolute Gasteiger partial charge is 0.157 e. The van der Waals surface area contributed by atoms with E-state index < -0.39 is 0 Å². The molecule has 0 spiro atoms. The lowest BCUT2D eigenvalue weighted by Gasteiger charge is -2.15. The maximum Gasteiger partial charge on any atom is 0.157 e. The van der Waals surface area contributed by atoms with Crippen LogP contribution in [0.5, 0.6) is 0 Å². The molecule has 3 N–H and O–H groups in total. The fourth-order valence-corrected chi connectivity index (χ4v) is 6.46. The minimum atomic E-state index is 0.282. The van der Waals surface area contributed by atoms with Crippen molar-refractivity contribution in [2.75, 3.05) is 5.32 Å². The van der Waals surface area contributed by atoms with E-state index in [0.29, 0.717) is 24.1 Å². The Morgan fingerprint density at radius 2 is 1.41 bits per heavy atom. The van der Waals surface area contributed by atoms with Crippen LogP contribution in [0.2, 0.25) is 0 Å². The number of amidine groups is 2. The normalized spacial score (nSPS) is 17.5. The first-order valence-corrected chi connectivity index (χ1v) is 15.0. The molecule has 5 heteroatoms. The van der Waals surface area contributed by atoms with Crippen LogP contribution in [0, 0.1) is 0 Å². The second-order valence-electron chi connectivity index (χ2n) is 11.3. The van der Waals surface area contributed by atoms with Crippen LogP contribution >= 0.6 is 0 Å². The second kappa shape index (κ2) is 10.9. The minimum absolute atomic E-state index is 0.282. The molecule has 0 radical (unpaired) electrons. The largest absolute Gasteiger partial charge is 0.383 e. The first-order valence-electron chi connectivity index (χ1n) is 15.0. The summed E-state index contributed by atoms with van der Waals surface area (Å²) in [7, 11) is 0. The summed E-state index contributed by atoms with van der Waals surface area (Å²) in [5.74, 6) is 1.41. The van der Waals surface area contributed by atoms with Crippen molar-refractivity contribution in [3.8, 4) is 5.69 Å². The molecule has 6 aromatic rings. The van der Waals surface area contributed by atoms with Crippen molar-refractivity contribution in [2.45, 2.75) is 18.5 Å². The molecule has 0 saturated carbocycles. The Kier molecular flexibility index (Phi) is 6.42. The van der Waals surface area contributed by atoms with E-state index in [0.717, 1.165) is 22.4 Å². The lowest BCUT2D eigenvalue weighted by molar-refractivity contribution is 0.805. The van der Waals surface area contributed by atoms with Crippen LogP contribution in [0.3, 0.4) is 0 Å². The summed E-state index contributed by atoms with van der Waals surface area (Å²) in [4.78, 5) is 9.68. The van der Waals surface area contributed by atoms with Gasteiger partial charge in [0.25, 0.3) is 0 Å². The number of nitrogens with two attached hydrogens (primary N) is 1. The third-order valence-corrected chi connectivity index (χ3v) is 8.61. The maximum absolute atomic E-state index is 6.40. The molecular formula is C39H31N5. The number of nitrogens with zero attached hydrogens (tertiary/aromatic N) is 3. The SMILES string of the molecule is NC(=NC(=NCc1ccc(-n2c3ccccc3c3ccc4c(c32)NC2C=CC=CC42)cc1)c1ccccc1)c1ccccc1. The van der Waals surface area contributed by atoms with Gasteiger partial charge in [-0.25, -0.2) is 4.99 Å². The maximum atomic E-state index is 6.40. The highest BCUT2D eigenvalue weighted by atomic mass is 15.0. The van der Waals surface area contributed by atoms with Gasteiger partial charge < -0.3 is 15.6 Å². The summed E-state index contributed by atoms with van der Waals surface area (Å²) >= 11 is 0. The Labute approximate surface area is 256 Å². The first kappa shape index (κ1) is 26.0. The van der Waals surface area contributed by atoms with Gasteiger partial charge in [0.2, 0.25) is 0 Å². The number of hydrogen-bond donors (Lipinski definition) is 2. The minimum Gasteiger partial charge on any atom is -0.383 e. The van der Waals surface area contributed by atoms with E-state index in [-0.39, 0.29) is 6.04 Å². The fourth-order valence-electron chi connectivity index (χ4n) is 6.46. The van der Waals surface area contributed by atoms with Gasteiger partial charge in [-0.3, -0.25) is 4.99 Å². The van der Waals surface area contributed by atoms with Crippen molar-refractivity contribution in [1.82, 2.24) is 4.57 Å². The Hall–Kier alpha value is -5.68. The number of aromatic nitrogens is 1. The van der Waals surface area contributed by atoms with Crippen molar-refractivity contribution in [3.05, 3.63) is 168 Å². The van der Waals surface area contributed by atoms with Gasteiger partial charge in [-0.05, 0) is 29.3 Å². The number of anilines is 1. The van der Waals surface area contributed by atoms with E-state index in [4.69, 9.17) is 15.7 Å². The standard InChI is InChI=1S/C39H31N5/c40-38(27-11-3-1-4-12-27)43-39(28-13-5-2-6-14-28)41-25-26-19-21-29(22-20-26)44-35-18-10-8-16-31(35)33-24-23-32-30-15-7-9-17-34(30)42-36(32)37(33)44/h1-24,30,34,42H,25H2,(H2,40,41,43). The Morgan fingerprint density at radius 3 is 2.20 bits per heavy atom. The van der Waals surface area contributed by atoms with Crippen LogP contribution in [0.1, 0.15) is 28.2 Å². The van der Waals surface area contributed by atoms with E-state index in [1.807, 2.05) is 60.7 Å². The molecule has 1 aromatic heterocycles. The predicted octanol–water partition coefficient (Wildman–Crippen LogP) is 8.14. The highest BCUT2D eigenvalue weighted by Crippen LogP contribution is 2.46. The van der Waals surface area contributed by atoms with Crippen LogP contribution in [0.15, 0.2) is 156 Å². The number of aliphatic imine (C=N–C) groups is 2. The molecule has 2 aliphatic rings. The van der Waals surface area contributed by atoms with E-state index >= 15 is 0 Å². The number of fused-ring (bicyclic) bond motifs is 7. The topological polar surface area (TPSA) is 67.7 Å². The van der Waals surface area contributed by atoms with E-state index in [2.05, 4.69) is 94.9 Å². The average Bonchev–Trinajstić information content (AvgIpc) is 3.64. The average molecular weight is 570 g/mol. The lowest BCUT2D eigenvalue weighted by Crippen LogP contribution is -2.17. The fraction of sp³-hybridized carbons (Fsp3) is 0.0769. The van der Waals surface area contributed by atoms with Gasteiger partial charge in [-0.1, -0.05) is 127 Å². The van der Waals surface area contributed by atoms with Gasteiger partial charge >= 0.3 is 0 Å². The second-order valence-corrected chi connectivity index (χ2v) is 11.3. The summed E-state index contributed by atoms with van der Waals surface area (Å²) in [6.45, 7) is 0.488. The van der Waals surface area contributed by atoms with Gasteiger partial charge in [-0.2, -0.15) is 0 Å². The Morgan fingerprint density at radius 1 is 0.705 bits per heavy atom. The molecule has 44 heavy (non-hydrogen) atoms. The molecular weight excluding hydrogens is 538 g/mol. The summed E-state index contributed by atoms with van der Waals surface area (Å²) in [5, 5.41) is 6.35. The molecule has 0 bridgehead atoms. The van der Waals surface area contributed by atoms with E-state index in [1.54, 1.807) is 0 Å². The highest BCUT2D eigenvalue weighted by Gasteiger charge is 2.32. The van der Waals surface area contributed by atoms with Crippen molar-refractivity contribution in [2.24, 2.45) is 15.7 Å². The summed E-state index contributed by atoms with van der Waals surface area (Å²) in [5.41, 5.74) is 15.4. The van der Waals surface area contributed by atoms with Crippen LogP contribution in [-0.4, -0.2) is 22.3 Å². The molecule has 2 heterocycles. The number of para-hydroxylation sites is 1. The zero-order valence-electron chi connectivity index (χ0n) is 24.1. The van der Waals surface area contributed by atoms with Crippen molar-refractivity contribution < 1.29 is 0 Å². The van der Waals surface area contributed by atoms with Gasteiger partial charge in [0, 0.05) is 33.5 Å². The monoisotopic (exact) mass is 569 g/mol. The van der Waals surface area contributed by atoms with Gasteiger partial charge in [-0.15, -0.1) is 0 Å². The highest BCUT2D eigenvalue weighted by molar-refractivity contribution is 6.14. The summed E-state index contributed by atoms with van der Waals surface area (Å²) in [6, 6.07) is 42.1. The summed E-state index contributed by atoms with van der Waals surface area (Å²) < 4.78 is 2.40. The van der Waals surface area contributed by atoms with Gasteiger partial charge in [0.1, 0.15) is 5.84 Å². The molecule has 1 aliphatic carbocycles. The molecule has 2 atom stereocenters. The van der Waals surface area contributed by atoms with Crippen molar-refractivity contribution >= 4 is 39.2 Å². The summed E-state index contributed by atoms with van der Waals surface area (Å²) in [6.07, 6.45) is 8.86. The number of nitrogens with one attached hydrogen (secondary N) is 1. The van der Waals surface area contributed by atoms with Gasteiger partial charge in [0.05, 0.1) is 29.3 Å². The van der Waals surface area contributed by atoms with Gasteiger partial charge in [0.15, 0.2) is 5.84 Å². The van der Waals surface area contributed by atoms with Crippen LogP contribution in [0.4, 0.5) is 5.69 Å².